The predicted octanol–water partition coefficient (Wildman–Crippen LogP) is 0.0758. The van der Waals surface area contributed by atoms with Gasteiger partial charge in [-0.05, 0) is 12.1 Å². The monoisotopic (exact) mass is 439 g/mol. The Labute approximate surface area is 175 Å². The van der Waals surface area contributed by atoms with Crippen molar-refractivity contribution in [2.75, 3.05) is 46.9 Å². The lowest BCUT2D eigenvalue weighted by Gasteiger charge is -2.34. The van der Waals surface area contributed by atoms with Gasteiger partial charge in [0.1, 0.15) is 0 Å². The zero-order valence-electron chi connectivity index (χ0n) is 17.0. The van der Waals surface area contributed by atoms with Crippen molar-refractivity contribution < 1.29 is 32.3 Å². The topological polar surface area (TPSA) is 114 Å². The molecule has 0 radical (unpaired) electrons. The highest BCUT2D eigenvalue weighted by Crippen LogP contribution is 2.31. The van der Waals surface area contributed by atoms with E-state index in [1.807, 2.05) is 0 Å². The standard InChI is InChI=1S/C19H25N3O7S/c1-28-15-4-3-14(13-16(15)29-2)30(26,27)21-11-9-20(10-12-21)17(23)7-8-22-18(24)5-6-19(22)25/h3-4,13H,5-12H2,1-2H3. The van der Waals surface area contributed by atoms with E-state index in [2.05, 4.69) is 0 Å². The van der Waals surface area contributed by atoms with E-state index >= 15 is 0 Å². The number of piperazine rings is 1. The molecule has 2 aliphatic heterocycles. The average Bonchev–Trinajstić information content (AvgIpc) is 3.08. The fourth-order valence-corrected chi connectivity index (χ4v) is 4.98. The normalized spacial score (nSPS) is 18.1. The predicted molar refractivity (Wildman–Crippen MR) is 105 cm³/mol. The molecule has 11 heteroatoms. The van der Waals surface area contributed by atoms with E-state index in [0.29, 0.717) is 11.5 Å². The van der Waals surface area contributed by atoms with Crippen molar-refractivity contribution in [2.45, 2.75) is 24.2 Å². The molecule has 2 aliphatic rings. The van der Waals surface area contributed by atoms with Crippen LogP contribution in [0.2, 0.25) is 0 Å². The Morgan fingerprint density at radius 2 is 1.57 bits per heavy atom. The number of benzene rings is 1. The van der Waals surface area contributed by atoms with Crippen molar-refractivity contribution in [2.24, 2.45) is 0 Å². The second-order valence-electron chi connectivity index (χ2n) is 6.99. The summed E-state index contributed by atoms with van der Waals surface area (Å²) in [6.45, 7) is 0.870. The maximum absolute atomic E-state index is 12.9. The van der Waals surface area contributed by atoms with Gasteiger partial charge in [0.25, 0.3) is 0 Å². The molecule has 2 saturated heterocycles. The Balaban J connectivity index is 1.58. The van der Waals surface area contributed by atoms with Crippen molar-refractivity contribution in [3.8, 4) is 11.5 Å². The number of nitrogens with zero attached hydrogens (tertiary/aromatic N) is 3. The van der Waals surface area contributed by atoms with Gasteiger partial charge in [-0.15, -0.1) is 0 Å². The molecule has 0 unspecified atom stereocenters. The van der Waals surface area contributed by atoms with Crippen LogP contribution in [0.15, 0.2) is 23.1 Å². The number of sulfonamides is 1. The van der Waals surface area contributed by atoms with Crippen molar-refractivity contribution in [3.63, 3.8) is 0 Å². The van der Waals surface area contributed by atoms with E-state index in [9.17, 15) is 22.8 Å². The van der Waals surface area contributed by atoms with Crippen LogP contribution < -0.4 is 9.47 Å². The first-order valence-electron chi connectivity index (χ1n) is 9.61. The molecule has 0 spiro atoms. The van der Waals surface area contributed by atoms with Gasteiger partial charge in [-0.3, -0.25) is 19.3 Å². The Morgan fingerprint density at radius 1 is 0.967 bits per heavy atom. The fourth-order valence-electron chi connectivity index (χ4n) is 3.54. The molecule has 0 N–H and O–H groups in total. The summed E-state index contributed by atoms with van der Waals surface area (Å²) in [5, 5.41) is 0. The van der Waals surface area contributed by atoms with Gasteiger partial charge in [-0.1, -0.05) is 0 Å². The van der Waals surface area contributed by atoms with Crippen molar-refractivity contribution in [3.05, 3.63) is 18.2 Å². The van der Waals surface area contributed by atoms with E-state index < -0.39 is 10.0 Å². The SMILES string of the molecule is COc1ccc(S(=O)(=O)N2CCN(C(=O)CCN3C(=O)CCC3=O)CC2)cc1OC. The van der Waals surface area contributed by atoms with E-state index in [1.54, 1.807) is 4.90 Å². The van der Waals surface area contributed by atoms with Gasteiger partial charge in [0.05, 0.1) is 19.1 Å². The molecule has 164 valence electrons. The Kier molecular flexibility index (Phi) is 6.61. The molecular formula is C19H25N3O7S. The van der Waals surface area contributed by atoms with E-state index in [-0.39, 0.29) is 74.6 Å². The van der Waals surface area contributed by atoms with Crippen LogP contribution in [0.1, 0.15) is 19.3 Å². The Hall–Kier alpha value is -2.66. The molecule has 0 saturated carbocycles. The first-order valence-corrected chi connectivity index (χ1v) is 11.0. The fraction of sp³-hybridized carbons (Fsp3) is 0.526. The number of ether oxygens (including phenoxy) is 2. The van der Waals surface area contributed by atoms with Gasteiger partial charge in [0, 0.05) is 58.1 Å². The summed E-state index contributed by atoms with van der Waals surface area (Å²) < 4.78 is 37.5. The minimum Gasteiger partial charge on any atom is -0.493 e. The van der Waals surface area contributed by atoms with Gasteiger partial charge in [-0.25, -0.2) is 8.42 Å². The number of hydrogen-bond acceptors (Lipinski definition) is 7. The summed E-state index contributed by atoms with van der Waals surface area (Å²) in [5.74, 6) is 0.0446. The highest BCUT2D eigenvalue weighted by atomic mass is 32.2. The third-order valence-electron chi connectivity index (χ3n) is 5.29. The molecule has 2 heterocycles. The summed E-state index contributed by atoms with van der Waals surface area (Å²) in [7, 11) is -0.844. The number of rotatable bonds is 7. The molecule has 1 aromatic rings. The molecule has 3 rings (SSSR count). The molecule has 30 heavy (non-hydrogen) atoms. The highest BCUT2D eigenvalue weighted by Gasteiger charge is 2.32. The lowest BCUT2D eigenvalue weighted by molar-refractivity contribution is -0.139. The largest absolute Gasteiger partial charge is 0.493 e. The maximum Gasteiger partial charge on any atom is 0.243 e. The highest BCUT2D eigenvalue weighted by molar-refractivity contribution is 7.89. The molecule has 0 aliphatic carbocycles. The molecule has 1 aromatic carbocycles. The van der Waals surface area contributed by atoms with Crippen LogP contribution in [-0.2, 0) is 24.4 Å². The van der Waals surface area contributed by atoms with Crippen LogP contribution in [0.4, 0.5) is 0 Å². The number of amides is 3. The lowest BCUT2D eigenvalue weighted by Crippen LogP contribution is -2.51. The van der Waals surface area contributed by atoms with Crippen LogP contribution in [0.3, 0.4) is 0 Å². The lowest BCUT2D eigenvalue weighted by atomic mass is 10.3. The van der Waals surface area contributed by atoms with Crippen LogP contribution in [0, 0.1) is 0 Å². The number of likely N-dealkylation sites (tertiary alicyclic amines) is 1. The summed E-state index contributed by atoms with van der Waals surface area (Å²) in [6, 6.07) is 4.40. The molecule has 10 nitrogen and oxygen atoms in total. The number of hydrogen-bond donors (Lipinski definition) is 0. The molecule has 0 atom stereocenters. The van der Waals surface area contributed by atoms with Gasteiger partial charge < -0.3 is 14.4 Å². The quantitative estimate of drug-likeness (QED) is 0.553. The van der Waals surface area contributed by atoms with Gasteiger partial charge in [-0.2, -0.15) is 4.31 Å². The summed E-state index contributed by atoms with van der Waals surface area (Å²) in [4.78, 5) is 38.5. The average molecular weight is 439 g/mol. The Bertz CT molecular complexity index is 923. The number of imide groups is 1. The second kappa shape index (κ2) is 9.00. The summed E-state index contributed by atoms with van der Waals surface area (Å²) >= 11 is 0. The smallest absolute Gasteiger partial charge is 0.243 e. The van der Waals surface area contributed by atoms with E-state index in [4.69, 9.17) is 9.47 Å². The van der Waals surface area contributed by atoms with Crippen LogP contribution >= 0.6 is 0 Å². The summed E-state index contributed by atoms with van der Waals surface area (Å²) in [5.41, 5.74) is 0. The third-order valence-corrected chi connectivity index (χ3v) is 7.18. The number of carbonyl (C=O) groups is 3. The maximum atomic E-state index is 12.9. The van der Waals surface area contributed by atoms with Crippen LogP contribution in [0.5, 0.6) is 11.5 Å². The first kappa shape index (κ1) is 22.0. The number of methoxy groups -OCH3 is 2. The number of carbonyl (C=O) groups excluding carboxylic acids is 3. The molecule has 0 aromatic heterocycles. The van der Waals surface area contributed by atoms with E-state index in [0.717, 1.165) is 4.90 Å². The van der Waals surface area contributed by atoms with Crippen molar-refractivity contribution >= 4 is 27.7 Å². The summed E-state index contributed by atoms with van der Waals surface area (Å²) in [6.07, 6.45) is 0.430. The van der Waals surface area contributed by atoms with Crippen LogP contribution in [0.25, 0.3) is 0 Å². The second-order valence-corrected chi connectivity index (χ2v) is 8.93. The van der Waals surface area contributed by atoms with E-state index in [1.165, 1.54) is 36.7 Å². The first-order chi connectivity index (χ1) is 14.3. The molecule has 2 fully saturated rings. The van der Waals surface area contributed by atoms with Crippen LogP contribution in [-0.4, -0.2) is 87.2 Å². The molecule has 3 amide bonds. The molecule has 0 bridgehead atoms. The van der Waals surface area contributed by atoms with Gasteiger partial charge in [0.15, 0.2) is 11.5 Å². The zero-order chi connectivity index (χ0) is 21.9. The van der Waals surface area contributed by atoms with Crippen molar-refractivity contribution in [1.29, 1.82) is 0 Å². The van der Waals surface area contributed by atoms with Crippen molar-refractivity contribution in [1.82, 2.24) is 14.1 Å². The zero-order valence-corrected chi connectivity index (χ0v) is 17.8. The van der Waals surface area contributed by atoms with Gasteiger partial charge in [0.2, 0.25) is 27.7 Å². The molecular weight excluding hydrogens is 414 g/mol. The Morgan fingerprint density at radius 3 is 2.13 bits per heavy atom. The third kappa shape index (κ3) is 4.41. The minimum absolute atomic E-state index is 0.0416. The van der Waals surface area contributed by atoms with Gasteiger partial charge >= 0.3 is 0 Å². The minimum atomic E-state index is -3.75.